The third kappa shape index (κ3) is 4.94. The highest BCUT2D eigenvalue weighted by molar-refractivity contribution is 5.28. The molecule has 1 aromatic heterocycles. The van der Waals surface area contributed by atoms with Crippen LogP contribution in [0.1, 0.15) is 57.3 Å². The van der Waals surface area contributed by atoms with E-state index in [1.165, 1.54) is 19.3 Å². The fourth-order valence-electron chi connectivity index (χ4n) is 1.92. The Bertz CT molecular complexity index is 418. The summed E-state index contributed by atoms with van der Waals surface area (Å²) in [5, 5.41) is 9.52. The molecular formula is C15H24O3. The van der Waals surface area contributed by atoms with E-state index < -0.39 is 5.63 Å². The van der Waals surface area contributed by atoms with Crippen molar-refractivity contribution in [2.45, 2.75) is 59.3 Å². The molecule has 1 rings (SSSR count). The lowest BCUT2D eigenvalue weighted by atomic mass is 10.0. The average molecular weight is 252 g/mol. The average Bonchev–Trinajstić information content (AvgIpc) is 2.30. The predicted octanol–water partition coefficient (Wildman–Crippen LogP) is 3.80. The fourth-order valence-corrected chi connectivity index (χ4v) is 1.92. The number of aryl methyl sites for hydroxylation is 1. The van der Waals surface area contributed by atoms with Gasteiger partial charge in [-0.1, -0.05) is 39.5 Å². The molecule has 0 aromatic carbocycles. The lowest BCUT2D eigenvalue weighted by molar-refractivity contribution is 0.411. The number of hydrogen-bond acceptors (Lipinski definition) is 3. The highest BCUT2D eigenvalue weighted by Gasteiger charge is 2.06. The molecule has 0 unspecified atom stereocenters. The number of aromatic hydroxyl groups is 1. The van der Waals surface area contributed by atoms with Gasteiger partial charge >= 0.3 is 5.63 Å². The first kappa shape index (κ1) is 14.8. The van der Waals surface area contributed by atoms with Crippen LogP contribution < -0.4 is 5.63 Å². The van der Waals surface area contributed by atoms with Gasteiger partial charge < -0.3 is 9.52 Å². The molecule has 102 valence electrons. The van der Waals surface area contributed by atoms with E-state index in [9.17, 15) is 9.90 Å². The van der Waals surface area contributed by atoms with E-state index in [0.717, 1.165) is 25.2 Å². The van der Waals surface area contributed by atoms with E-state index in [1.54, 1.807) is 13.0 Å². The standard InChI is InChI=1S/C15H24O3/c1-11(2)8-6-4-5-7-9-13-10-14(16)12(3)15(17)18-13/h10-11,16H,4-9H2,1-3H3. The lowest BCUT2D eigenvalue weighted by Gasteiger charge is -2.05. The zero-order chi connectivity index (χ0) is 13.5. The van der Waals surface area contributed by atoms with Crippen LogP contribution in [0.4, 0.5) is 0 Å². The maximum atomic E-state index is 11.3. The molecular weight excluding hydrogens is 228 g/mol. The second-order valence-electron chi connectivity index (χ2n) is 5.36. The van der Waals surface area contributed by atoms with Gasteiger partial charge in [-0.25, -0.2) is 4.79 Å². The fraction of sp³-hybridized carbons (Fsp3) is 0.667. The summed E-state index contributed by atoms with van der Waals surface area (Å²) in [6.07, 6.45) is 6.64. The molecule has 1 aromatic rings. The molecule has 1 heterocycles. The van der Waals surface area contributed by atoms with Gasteiger partial charge in [0.05, 0.1) is 5.56 Å². The van der Waals surface area contributed by atoms with Crippen LogP contribution in [0.5, 0.6) is 5.75 Å². The van der Waals surface area contributed by atoms with Gasteiger partial charge in [0, 0.05) is 12.5 Å². The molecule has 0 saturated carbocycles. The third-order valence-electron chi connectivity index (χ3n) is 3.17. The molecule has 1 N–H and O–H groups in total. The minimum Gasteiger partial charge on any atom is -0.507 e. The van der Waals surface area contributed by atoms with Crippen molar-refractivity contribution in [1.29, 1.82) is 0 Å². The molecule has 0 radical (unpaired) electrons. The van der Waals surface area contributed by atoms with Crippen molar-refractivity contribution < 1.29 is 9.52 Å². The summed E-state index contributed by atoms with van der Waals surface area (Å²) in [6, 6.07) is 1.56. The van der Waals surface area contributed by atoms with Gasteiger partial charge in [0.25, 0.3) is 0 Å². The Kier molecular flexibility index (Phi) is 5.96. The van der Waals surface area contributed by atoms with Crippen molar-refractivity contribution in [3.05, 3.63) is 27.8 Å². The molecule has 3 nitrogen and oxygen atoms in total. The highest BCUT2D eigenvalue weighted by atomic mass is 16.4. The van der Waals surface area contributed by atoms with Gasteiger partial charge in [0.15, 0.2) is 0 Å². The van der Waals surface area contributed by atoms with Crippen LogP contribution in [-0.2, 0) is 6.42 Å². The molecule has 3 heteroatoms. The Morgan fingerprint density at radius 1 is 1.22 bits per heavy atom. The molecule has 0 saturated heterocycles. The summed E-state index contributed by atoms with van der Waals surface area (Å²) < 4.78 is 5.12. The Morgan fingerprint density at radius 2 is 1.89 bits per heavy atom. The van der Waals surface area contributed by atoms with Crippen molar-refractivity contribution in [2.24, 2.45) is 5.92 Å². The molecule has 0 amide bonds. The van der Waals surface area contributed by atoms with Crippen molar-refractivity contribution in [3.8, 4) is 5.75 Å². The van der Waals surface area contributed by atoms with Gasteiger partial charge in [-0.2, -0.15) is 0 Å². The third-order valence-corrected chi connectivity index (χ3v) is 3.17. The second kappa shape index (κ2) is 7.24. The number of rotatable bonds is 7. The molecule has 0 bridgehead atoms. The minimum absolute atomic E-state index is 0.0426. The Morgan fingerprint density at radius 3 is 2.50 bits per heavy atom. The van der Waals surface area contributed by atoms with Crippen LogP contribution in [0.2, 0.25) is 0 Å². The zero-order valence-corrected chi connectivity index (χ0v) is 11.7. The van der Waals surface area contributed by atoms with Crippen molar-refractivity contribution in [2.75, 3.05) is 0 Å². The molecule has 0 fully saturated rings. The van der Waals surface area contributed by atoms with E-state index >= 15 is 0 Å². The summed E-state index contributed by atoms with van der Waals surface area (Å²) in [6.45, 7) is 6.05. The Labute approximate surface area is 109 Å². The lowest BCUT2D eigenvalue weighted by Crippen LogP contribution is -2.05. The smallest absolute Gasteiger partial charge is 0.342 e. The van der Waals surface area contributed by atoms with Crippen LogP contribution in [0.25, 0.3) is 0 Å². The summed E-state index contributed by atoms with van der Waals surface area (Å²) in [5.74, 6) is 1.41. The molecule has 0 aliphatic rings. The highest BCUT2D eigenvalue weighted by Crippen LogP contribution is 2.16. The van der Waals surface area contributed by atoms with Crippen LogP contribution >= 0.6 is 0 Å². The first-order chi connectivity index (χ1) is 8.50. The first-order valence-electron chi connectivity index (χ1n) is 6.83. The molecule has 18 heavy (non-hydrogen) atoms. The van der Waals surface area contributed by atoms with Crippen LogP contribution in [0.3, 0.4) is 0 Å². The SMILES string of the molecule is Cc1c(O)cc(CCCCCCC(C)C)oc1=O. The number of hydrogen-bond donors (Lipinski definition) is 1. The van der Waals surface area contributed by atoms with Gasteiger partial charge in [-0.15, -0.1) is 0 Å². The largest absolute Gasteiger partial charge is 0.507 e. The van der Waals surface area contributed by atoms with Gasteiger partial charge in [0.1, 0.15) is 11.5 Å². The molecule has 0 aliphatic carbocycles. The topological polar surface area (TPSA) is 50.4 Å². The maximum Gasteiger partial charge on any atom is 0.342 e. The summed E-state index contributed by atoms with van der Waals surface area (Å²) in [5.41, 5.74) is -0.138. The van der Waals surface area contributed by atoms with Crippen molar-refractivity contribution in [3.63, 3.8) is 0 Å². The summed E-state index contributed by atoms with van der Waals surface area (Å²) in [7, 11) is 0. The van der Waals surface area contributed by atoms with Gasteiger partial charge in [0.2, 0.25) is 0 Å². The Hall–Kier alpha value is -1.25. The van der Waals surface area contributed by atoms with Crippen molar-refractivity contribution in [1.82, 2.24) is 0 Å². The quantitative estimate of drug-likeness (QED) is 0.751. The summed E-state index contributed by atoms with van der Waals surface area (Å²) >= 11 is 0. The summed E-state index contributed by atoms with van der Waals surface area (Å²) in [4.78, 5) is 11.3. The van der Waals surface area contributed by atoms with E-state index in [4.69, 9.17) is 4.42 Å². The minimum atomic E-state index is -0.426. The second-order valence-corrected chi connectivity index (χ2v) is 5.36. The molecule has 0 aliphatic heterocycles. The van der Waals surface area contributed by atoms with Gasteiger partial charge in [-0.3, -0.25) is 0 Å². The van der Waals surface area contributed by atoms with E-state index in [1.807, 2.05) is 0 Å². The van der Waals surface area contributed by atoms with Crippen LogP contribution in [-0.4, -0.2) is 5.11 Å². The van der Waals surface area contributed by atoms with Gasteiger partial charge in [-0.05, 0) is 19.3 Å². The normalized spacial score (nSPS) is 11.1. The van der Waals surface area contributed by atoms with E-state index in [2.05, 4.69) is 13.8 Å². The van der Waals surface area contributed by atoms with Crippen LogP contribution in [0, 0.1) is 12.8 Å². The molecule has 0 atom stereocenters. The van der Waals surface area contributed by atoms with Crippen molar-refractivity contribution >= 4 is 0 Å². The predicted molar refractivity (Wildman–Crippen MR) is 73.0 cm³/mol. The molecule has 0 spiro atoms. The first-order valence-corrected chi connectivity index (χ1v) is 6.83. The maximum absolute atomic E-state index is 11.3. The van der Waals surface area contributed by atoms with E-state index in [0.29, 0.717) is 5.76 Å². The van der Waals surface area contributed by atoms with E-state index in [-0.39, 0.29) is 11.3 Å². The monoisotopic (exact) mass is 252 g/mol. The van der Waals surface area contributed by atoms with Crippen LogP contribution in [0.15, 0.2) is 15.3 Å². The Balaban J connectivity index is 2.30. The number of unbranched alkanes of at least 4 members (excludes halogenated alkanes) is 3. The zero-order valence-electron chi connectivity index (χ0n) is 11.7.